The van der Waals surface area contributed by atoms with Crippen molar-refractivity contribution < 1.29 is 14.0 Å². The van der Waals surface area contributed by atoms with Crippen molar-refractivity contribution in [2.75, 3.05) is 5.32 Å². The number of carbonyl (C=O) groups excluding carboxylic acids is 2. The Balaban J connectivity index is 1.57. The maximum Gasteiger partial charge on any atom is 0.291 e. The van der Waals surface area contributed by atoms with Crippen LogP contribution in [0.5, 0.6) is 0 Å². The number of carbonyl (C=O) groups is 2. The van der Waals surface area contributed by atoms with Gasteiger partial charge in [0.05, 0.1) is 5.71 Å². The molecule has 7 heteroatoms. The lowest BCUT2D eigenvalue weighted by Crippen LogP contribution is -2.33. The van der Waals surface area contributed by atoms with Crippen molar-refractivity contribution in [2.45, 2.75) is 53.4 Å². The van der Waals surface area contributed by atoms with E-state index in [1.54, 1.807) is 18.2 Å². The van der Waals surface area contributed by atoms with Crippen molar-refractivity contribution in [3.8, 4) is 0 Å². The first kappa shape index (κ1) is 23.3. The Morgan fingerprint density at radius 1 is 1.10 bits per heavy atom. The number of hydrogen-bond donors (Lipinski definition) is 2. The first-order chi connectivity index (χ1) is 14.6. The van der Waals surface area contributed by atoms with Crippen LogP contribution in [0.4, 0.5) is 5.69 Å². The lowest BCUT2D eigenvalue weighted by Gasteiger charge is -2.36. The standard InChI is InChI=1S/C24H30BrN3O3/c1-15(27-28-22(29)16-8-10-18(11-9-16)24(2,3)4)17-6-5-7-19(14-17)26-23(30)20-12-13-21(25)31-20/h5-7,12-14,16,18H,8-11H2,1-4H3,(H,26,30)(H,28,29)/b27-15+. The summed E-state index contributed by atoms with van der Waals surface area (Å²) >= 11 is 3.19. The Morgan fingerprint density at radius 3 is 2.42 bits per heavy atom. The number of hydrogen-bond acceptors (Lipinski definition) is 4. The van der Waals surface area contributed by atoms with Gasteiger partial charge in [-0.05, 0) is 89.7 Å². The van der Waals surface area contributed by atoms with Crippen LogP contribution in [0.1, 0.15) is 69.5 Å². The van der Waals surface area contributed by atoms with Crippen molar-refractivity contribution in [2.24, 2.45) is 22.4 Å². The van der Waals surface area contributed by atoms with Crippen LogP contribution < -0.4 is 10.7 Å². The van der Waals surface area contributed by atoms with Crippen LogP contribution in [-0.4, -0.2) is 17.5 Å². The van der Waals surface area contributed by atoms with E-state index in [0.717, 1.165) is 31.2 Å². The molecule has 1 fully saturated rings. The number of nitrogens with one attached hydrogen (secondary N) is 2. The number of furan rings is 1. The normalized spacial score (nSPS) is 19.7. The lowest BCUT2D eigenvalue weighted by atomic mass is 9.70. The van der Waals surface area contributed by atoms with Crippen LogP contribution >= 0.6 is 15.9 Å². The average Bonchev–Trinajstić information content (AvgIpc) is 3.18. The predicted molar refractivity (Wildman–Crippen MR) is 126 cm³/mol. The van der Waals surface area contributed by atoms with Crippen LogP contribution in [0.3, 0.4) is 0 Å². The quantitative estimate of drug-likeness (QED) is 0.401. The molecule has 1 aromatic heterocycles. The maximum atomic E-state index is 12.6. The molecule has 2 aromatic rings. The maximum absolute atomic E-state index is 12.6. The van der Waals surface area contributed by atoms with E-state index in [-0.39, 0.29) is 23.5 Å². The van der Waals surface area contributed by atoms with E-state index >= 15 is 0 Å². The third kappa shape index (κ3) is 6.29. The van der Waals surface area contributed by atoms with Crippen molar-refractivity contribution in [3.63, 3.8) is 0 Å². The topological polar surface area (TPSA) is 83.7 Å². The van der Waals surface area contributed by atoms with E-state index in [1.165, 1.54) is 0 Å². The highest BCUT2D eigenvalue weighted by Gasteiger charge is 2.32. The third-order valence-corrected chi connectivity index (χ3v) is 6.42. The molecule has 0 aliphatic heterocycles. The van der Waals surface area contributed by atoms with Gasteiger partial charge in [0.25, 0.3) is 5.91 Å². The Morgan fingerprint density at radius 2 is 1.81 bits per heavy atom. The van der Waals surface area contributed by atoms with E-state index in [2.05, 4.69) is 52.5 Å². The summed E-state index contributed by atoms with van der Waals surface area (Å²) in [5.74, 6) is 0.558. The molecule has 0 spiro atoms. The summed E-state index contributed by atoms with van der Waals surface area (Å²) in [6.45, 7) is 8.66. The van der Waals surface area contributed by atoms with Gasteiger partial charge in [-0.2, -0.15) is 5.10 Å². The summed E-state index contributed by atoms with van der Waals surface area (Å²) in [6.07, 6.45) is 3.98. The highest BCUT2D eigenvalue weighted by molar-refractivity contribution is 9.10. The van der Waals surface area contributed by atoms with E-state index < -0.39 is 0 Å². The zero-order valence-corrected chi connectivity index (χ0v) is 20.1. The van der Waals surface area contributed by atoms with Gasteiger partial charge in [-0.3, -0.25) is 9.59 Å². The Kier molecular flexibility index (Phi) is 7.36. The largest absolute Gasteiger partial charge is 0.444 e. The number of nitrogens with zero attached hydrogens (tertiary/aromatic N) is 1. The predicted octanol–water partition coefficient (Wildman–Crippen LogP) is 5.99. The van der Waals surface area contributed by atoms with Gasteiger partial charge in [-0.1, -0.05) is 32.9 Å². The fourth-order valence-corrected chi connectivity index (χ4v) is 4.27. The summed E-state index contributed by atoms with van der Waals surface area (Å²) in [5.41, 5.74) is 5.14. The molecular formula is C24H30BrN3O3. The minimum atomic E-state index is -0.336. The molecule has 2 amide bonds. The number of anilines is 1. The molecule has 0 unspecified atom stereocenters. The minimum absolute atomic E-state index is 0.0143. The van der Waals surface area contributed by atoms with Crippen LogP contribution in [0.25, 0.3) is 0 Å². The zero-order chi connectivity index (χ0) is 22.6. The van der Waals surface area contributed by atoms with Crippen LogP contribution in [-0.2, 0) is 4.79 Å². The van der Waals surface area contributed by atoms with Gasteiger partial charge in [0.2, 0.25) is 5.91 Å². The van der Waals surface area contributed by atoms with Crippen LogP contribution in [0, 0.1) is 17.3 Å². The van der Waals surface area contributed by atoms with Crippen molar-refractivity contribution in [1.29, 1.82) is 0 Å². The molecule has 1 aromatic carbocycles. The molecule has 166 valence electrons. The van der Waals surface area contributed by atoms with Gasteiger partial charge in [-0.25, -0.2) is 5.43 Å². The molecule has 2 N–H and O–H groups in total. The van der Waals surface area contributed by atoms with Gasteiger partial charge in [0, 0.05) is 11.6 Å². The van der Waals surface area contributed by atoms with Gasteiger partial charge >= 0.3 is 0 Å². The Bertz CT molecular complexity index is 966. The highest BCUT2D eigenvalue weighted by Crippen LogP contribution is 2.39. The average molecular weight is 488 g/mol. The first-order valence-electron chi connectivity index (χ1n) is 10.6. The van der Waals surface area contributed by atoms with E-state index in [0.29, 0.717) is 27.4 Å². The van der Waals surface area contributed by atoms with E-state index in [1.807, 2.05) is 25.1 Å². The smallest absolute Gasteiger partial charge is 0.291 e. The fourth-order valence-electron chi connectivity index (χ4n) is 3.97. The van der Waals surface area contributed by atoms with Crippen LogP contribution in [0.15, 0.2) is 50.6 Å². The second kappa shape index (κ2) is 9.81. The summed E-state index contributed by atoms with van der Waals surface area (Å²) in [5, 5.41) is 7.10. The molecule has 31 heavy (non-hydrogen) atoms. The van der Waals surface area contributed by atoms with Crippen LogP contribution in [0.2, 0.25) is 0 Å². The molecular weight excluding hydrogens is 458 g/mol. The number of halogens is 1. The Hall–Kier alpha value is -2.41. The number of amides is 2. The molecule has 0 radical (unpaired) electrons. The van der Waals surface area contributed by atoms with E-state index in [9.17, 15) is 9.59 Å². The molecule has 1 heterocycles. The van der Waals surface area contributed by atoms with Gasteiger partial charge in [0.15, 0.2) is 10.4 Å². The van der Waals surface area contributed by atoms with E-state index in [4.69, 9.17) is 4.42 Å². The molecule has 1 aliphatic rings. The number of rotatable bonds is 5. The second-order valence-electron chi connectivity index (χ2n) is 9.23. The summed E-state index contributed by atoms with van der Waals surface area (Å²) in [6, 6.07) is 10.6. The molecule has 6 nitrogen and oxygen atoms in total. The Labute approximate surface area is 192 Å². The molecule has 1 saturated carbocycles. The lowest BCUT2D eigenvalue weighted by molar-refractivity contribution is -0.126. The summed E-state index contributed by atoms with van der Waals surface area (Å²) < 4.78 is 5.77. The SMILES string of the molecule is C/C(=N\NC(=O)C1CCC(C(C)(C)C)CC1)c1cccc(NC(=O)c2ccc(Br)o2)c1. The monoisotopic (exact) mass is 487 g/mol. The van der Waals surface area contributed by atoms with Gasteiger partial charge < -0.3 is 9.73 Å². The third-order valence-electron chi connectivity index (χ3n) is 5.99. The summed E-state index contributed by atoms with van der Waals surface area (Å²) in [4.78, 5) is 24.8. The molecule has 0 bridgehead atoms. The van der Waals surface area contributed by atoms with Crippen molar-refractivity contribution in [1.82, 2.24) is 5.43 Å². The molecule has 3 rings (SSSR count). The van der Waals surface area contributed by atoms with Gasteiger partial charge in [0.1, 0.15) is 0 Å². The molecule has 1 aliphatic carbocycles. The van der Waals surface area contributed by atoms with Crippen molar-refractivity contribution >= 4 is 39.1 Å². The second-order valence-corrected chi connectivity index (χ2v) is 10.0. The number of hydrazone groups is 1. The highest BCUT2D eigenvalue weighted by atomic mass is 79.9. The first-order valence-corrected chi connectivity index (χ1v) is 11.4. The molecule has 0 atom stereocenters. The number of benzene rings is 1. The van der Waals surface area contributed by atoms with Gasteiger partial charge in [-0.15, -0.1) is 0 Å². The zero-order valence-electron chi connectivity index (χ0n) is 18.5. The van der Waals surface area contributed by atoms with Crippen molar-refractivity contribution in [3.05, 3.63) is 52.4 Å². The fraction of sp³-hybridized carbons (Fsp3) is 0.458. The minimum Gasteiger partial charge on any atom is -0.444 e. The molecule has 0 saturated heterocycles. The summed E-state index contributed by atoms with van der Waals surface area (Å²) in [7, 11) is 0.